The molecule has 0 radical (unpaired) electrons. The Morgan fingerprint density at radius 2 is 1.55 bits per heavy atom. The van der Waals surface area contributed by atoms with Crippen molar-refractivity contribution < 1.29 is 23.9 Å². The summed E-state index contributed by atoms with van der Waals surface area (Å²) >= 11 is 0. The number of nitrogens with zero attached hydrogens (tertiary/aromatic N) is 1. The topological polar surface area (TPSA) is 139 Å². The van der Waals surface area contributed by atoms with Crippen LogP contribution in [0.3, 0.4) is 0 Å². The number of phenolic OH excluding ortho intramolecular Hbond substituents is 1. The number of hydrogen-bond acceptors (Lipinski definition) is 5. The van der Waals surface area contributed by atoms with Crippen molar-refractivity contribution in [3.05, 3.63) is 65.0 Å². The van der Waals surface area contributed by atoms with Gasteiger partial charge in [0.15, 0.2) is 0 Å². The fraction of sp³-hybridized carbons (Fsp3) is 0.483. The highest BCUT2D eigenvalue weighted by atomic mass is 19.1. The number of rotatable bonds is 10. The second-order valence-corrected chi connectivity index (χ2v) is 11.4. The van der Waals surface area contributed by atoms with E-state index in [2.05, 4.69) is 5.32 Å². The Balaban J connectivity index is 2.26. The highest BCUT2D eigenvalue weighted by Gasteiger charge is 2.45. The molecule has 0 unspecified atom stereocenters. The van der Waals surface area contributed by atoms with Gasteiger partial charge in [0.1, 0.15) is 23.1 Å². The van der Waals surface area contributed by atoms with Gasteiger partial charge < -0.3 is 26.8 Å². The van der Waals surface area contributed by atoms with Crippen LogP contribution >= 0.6 is 0 Å². The zero-order valence-corrected chi connectivity index (χ0v) is 23.3. The van der Waals surface area contributed by atoms with Crippen molar-refractivity contribution in [2.24, 2.45) is 17.4 Å². The molecule has 0 heterocycles. The van der Waals surface area contributed by atoms with Crippen LogP contribution in [0.5, 0.6) is 5.75 Å². The van der Waals surface area contributed by atoms with Crippen LogP contribution in [0.1, 0.15) is 58.2 Å². The first-order valence-corrected chi connectivity index (χ1v) is 12.7. The van der Waals surface area contributed by atoms with Gasteiger partial charge in [-0.05, 0) is 59.6 Å². The minimum atomic E-state index is -1.35. The summed E-state index contributed by atoms with van der Waals surface area (Å²) in [6.07, 6.45) is 0.278. The zero-order valence-electron chi connectivity index (χ0n) is 23.3. The van der Waals surface area contributed by atoms with Crippen molar-refractivity contribution in [3.8, 4) is 5.75 Å². The van der Waals surface area contributed by atoms with Gasteiger partial charge in [0.2, 0.25) is 17.7 Å². The predicted molar refractivity (Wildman–Crippen MR) is 146 cm³/mol. The van der Waals surface area contributed by atoms with E-state index in [0.717, 1.165) is 0 Å². The summed E-state index contributed by atoms with van der Waals surface area (Å²) in [7, 11) is 1.50. The maximum absolute atomic E-state index is 13.6. The van der Waals surface area contributed by atoms with Crippen LogP contribution in [0.15, 0.2) is 42.5 Å². The van der Waals surface area contributed by atoms with Crippen molar-refractivity contribution in [2.75, 3.05) is 7.05 Å². The van der Waals surface area contributed by atoms with Crippen molar-refractivity contribution in [2.45, 2.75) is 77.4 Å². The third-order valence-corrected chi connectivity index (χ3v) is 7.25. The first-order valence-electron chi connectivity index (χ1n) is 12.7. The largest absolute Gasteiger partial charge is 0.508 e. The van der Waals surface area contributed by atoms with Crippen LogP contribution in [0.25, 0.3) is 0 Å². The molecule has 0 saturated heterocycles. The van der Waals surface area contributed by atoms with E-state index in [1.807, 2.05) is 20.8 Å². The number of phenols is 1. The number of nitrogens with one attached hydrogen (secondary N) is 1. The molecule has 8 nitrogen and oxygen atoms in total. The molecular formula is C29H41FN4O4. The molecule has 0 spiro atoms. The summed E-state index contributed by atoms with van der Waals surface area (Å²) < 4.78 is 13.2. The summed E-state index contributed by atoms with van der Waals surface area (Å²) in [5, 5.41) is 13.0. The summed E-state index contributed by atoms with van der Waals surface area (Å²) in [5.41, 5.74) is 12.3. The van der Waals surface area contributed by atoms with Gasteiger partial charge in [0.25, 0.3) is 0 Å². The van der Waals surface area contributed by atoms with Gasteiger partial charge in [0.05, 0.1) is 6.04 Å². The molecule has 38 heavy (non-hydrogen) atoms. The maximum Gasteiger partial charge on any atom is 0.246 e. The molecule has 2 rings (SSSR count). The lowest BCUT2D eigenvalue weighted by atomic mass is 9.84. The van der Waals surface area contributed by atoms with Crippen molar-refractivity contribution >= 4 is 17.7 Å². The minimum Gasteiger partial charge on any atom is -0.508 e. The summed E-state index contributed by atoms with van der Waals surface area (Å²) in [4.78, 5) is 40.6. The van der Waals surface area contributed by atoms with Crippen LogP contribution in [0, 0.1) is 11.7 Å². The molecular weight excluding hydrogens is 487 g/mol. The van der Waals surface area contributed by atoms with Gasteiger partial charge in [-0.1, -0.05) is 58.9 Å². The Bertz CT molecular complexity index is 1160. The average molecular weight is 529 g/mol. The molecule has 0 aliphatic rings. The Morgan fingerprint density at radius 1 is 1.00 bits per heavy atom. The predicted octanol–water partition coefficient (Wildman–Crippen LogP) is 2.78. The number of hydrogen-bond donors (Lipinski definition) is 4. The highest BCUT2D eigenvalue weighted by Crippen LogP contribution is 2.32. The number of carbonyl (C=O) groups is 3. The molecule has 2 aromatic carbocycles. The second kappa shape index (κ2) is 11.9. The first-order chi connectivity index (χ1) is 17.5. The fourth-order valence-corrected chi connectivity index (χ4v) is 4.31. The maximum atomic E-state index is 13.6. The van der Waals surface area contributed by atoms with Crippen molar-refractivity contribution in [1.82, 2.24) is 10.2 Å². The third kappa shape index (κ3) is 7.10. The van der Waals surface area contributed by atoms with Crippen LogP contribution < -0.4 is 16.8 Å². The Morgan fingerprint density at radius 3 is 2.05 bits per heavy atom. The Kier molecular flexibility index (Phi) is 9.66. The number of carbonyl (C=O) groups excluding carboxylic acids is 3. The molecule has 0 aliphatic carbocycles. The SMILES string of the molecule is CC(C)[C@](C)(C(=O)N[C@@H](Cc1ccc(O)c(C(C)(C)C)c1)C(N)=O)N(C)C(=O)[C@@H](N)Cc1ccc(F)cc1. The van der Waals surface area contributed by atoms with E-state index >= 15 is 0 Å². The molecule has 0 bridgehead atoms. The molecule has 6 N–H and O–H groups in total. The lowest BCUT2D eigenvalue weighted by Crippen LogP contribution is -2.65. The van der Waals surface area contributed by atoms with Crippen LogP contribution in [-0.2, 0) is 32.6 Å². The molecule has 0 aliphatic heterocycles. The van der Waals surface area contributed by atoms with Crippen LogP contribution in [0.2, 0.25) is 0 Å². The van der Waals surface area contributed by atoms with E-state index in [1.54, 1.807) is 51.1 Å². The van der Waals surface area contributed by atoms with E-state index in [0.29, 0.717) is 16.7 Å². The van der Waals surface area contributed by atoms with E-state index < -0.39 is 35.3 Å². The summed E-state index contributed by atoms with van der Waals surface area (Å²) in [6, 6.07) is 8.73. The van der Waals surface area contributed by atoms with Gasteiger partial charge in [-0.25, -0.2) is 4.39 Å². The van der Waals surface area contributed by atoms with Crippen molar-refractivity contribution in [1.29, 1.82) is 0 Å². The second-order valence-electron chi connectivity index (χ2n) is 11.4. The minimum absolute atomic E-state index is 0.111. The summed E-state index contributed by atoms with van der Waals surface area (Å²) in [5.74, 6) is -2.33. The van der Waals surface area contributed by atoms with Crippen LogP contribution in [-0.4, -0.2) is 52.4 Å². The fourth-order valence-electron chi connectivity index (χ4n) is 4.31. The number of amides is 3. The quantitative estimate of drug-likeness (QED) is 0.376. The smallest absolute Gasteiger partial charge is 0.246 e. The summed E-state index contributed by atoms with van der Waals surface area (Å²) in [6.45, 7) is 11.1. The molecule has 3 amide bonds. The van der Waals surface area contributed by atoms with E-state index in [-0.39, 0.29) is 35.7 Å². The van der Waals surface area contributed by atoms with E-state index in [1.165, 1.54) is 24.1 Å². The van der Waals surface area contributed by atoms with Gasteiger partial charge >= 0.3 is 0 Å². The molecule has 2 aromatic rings. The zero-order chi connectivity index (χ0) is 29.0. The van der Waals surface area contributed by atoms with Crippen LogP contribution in [0.4, 0.5) is 4.39 Å². The van der Waals surface area contributed by atoms with Crippen molar-refractivity contribution in [3.63, 3.8) is 0 Å². The van der Waals surface area contributed by atoms with E-state index in [9.17, 15) is 23.9 Å². The number of aromatic hydroxyl groups is 1. The number of nitrogens with two attached hydrogens (primary N) is 2. The van der Waals surface area contributed by atoms with Gasteiger partial charge in [-0.3, -0.25) is 14.4 Å². The third-order valence-electron chi connectivity index (χ3n) is 7.25. The lowest BCUT2D eigenvalue weighted by Gasteiger charge is -2.42. The molecule has 208 valence electrons. The molecule has 0 saturated carbocycles. The highest BCUT2D eigenvalue weighted by molar-refractivity contribution is 5.95. The molecule has 0 aromatic heterocycles. The monoisotopic (exact) mass is 528 g/mol. The number of primary amides is 1. The van der Waals surface area contributed by atoms with E-state index in [4.69, 9.17) is 11.5 Å². The molecule has 9 heteroatoms. The normalized spacial score (nSPS) is 14.9. The first kappa shape index (κ1) is 30.8. The molecule has 0 fully saturated rings. The van der Waals surface area contributed by atoms with Gasteiger partial charge in [-0.15, -0.1) is 0 Å². The van der Waals surface area contributed by atoms with Gasteiger partial charge in [0, 0.05) is 13.5 Å². The number of benzene rings is 2. The number of likely N-dealkylation sites (N-methyl/N-ethyl adjacent to an activating group) is 1. The standard InChI is InChI=1S/C29H41FN4O4/c1-17(2)29(6,34(7)26(37)22(31)15-18-8-11-20(30)12-9-18)27(38)33-23(25(32)36)16-19-10-13-24(35)21(14-19)28(3,4)5/h8-14,17,22-23,35H,15-16,31H2,1-7H3,(H2,32,36)(H,33,38)/t22-,23-,29+/m0/s1. The van der Waals surface area contributed by atoms with Gasteiger partial charge in [-0.2, -0.15) is 0 Å². The lowest BCUT2D eigenvalue weighted by molar-refractivity contribution is -0.149. The number of halogens is 1. The average Bonchev–Trinajstić information content (AvgIpc) is 2.83. The Hall–Kier alpha value is -3.46. The Labute approximate surface area is 224 Å². The molecule has 3 atom stereocenters.